The maximum atomic E-state index is 11.7. The normalized spacial score (nSPS) is 13.3. The predicted molar refractivity (Wildman–Crippen MR) is 93.8 cm³/mol. The van der Waals surface area contributed by atoms with E-state index >= 15 is 0 Å². The van der Waals surface area contributed by atoms with Crippen LogP contribution in [0, 0.1) is 0 Å². The van der Waals surface area contributed by atoms with Gasteiger partial charge >= 0.3 is 11.6 Å². The summed E-state index contributed by atoms with van der Waals surface area (Å²) in [5.74, 6) is 0.0112. The molecule has 25 heavy (non-hydrogen) atoms. The van der Waals surface area contributed by atoms with E-state index in [0.717, 1.165) is 0 Å². The van der Waals surface area contributed by atoms with Gasteiger partial charge in [-0.3, -0.25) is 4.79 Å². The highest BCUT2D eigenvalue weighted by Gasteiger charge is 2.32. The lowest BCUT2D eigenvalue weighted by Crippen LogP contribution is -2.28. The van der Waals surface area contributed by atoms with Gasteiger partial charge in [0.15, 0.2) is 6.10 Å². The van der Waals surface area contributed by atoms with E-state index in [2.05, 4.69) is 6.58 Å². The van der Waals surface area contributed by atoms with Gasteiger partial charge in [0.2, 0.25) is 0 Å². The fourth-order valence-corrected chi connectivity index (χ4v) is 2.68. The monoisotopic (exact) mass is 346 g/mol. The Morgan fingerprint density at radius 1 is 1.24 bits per heavy atom. The standard InChI is InChI=1S/C19H22O6/c1-6-23-19(17(11(2)3)24-12(4)20)16-14(22-5)9-7-13-8-10-15(21)25-18(13)16/h7-10,17,19H,2,6H2,1,3-5H3. The van der Waals surface area contributed by atoms with Crippen LogP contribution in [0.5, 0.6) is 5.75 Å². The van der Waals surface area contributed by atoms with Gasteiger partial charge in [-0.1, -0.05) is 6.58 Å². The van der Waals surface area contributed by atoms with Crippen LogP contribution in [0.3, 0.4) is 0 Å². The number of rotatable bonds is 7. The average molecular weight is 346 g/mol. The van der Waals surface area contributed by atoms with Crippen molar-refractivity contribution in [2.75, 3.05) is 13.7 Å². The summed E-state index contributed by atoms with van der Waals surface area (Å²) in [7, 11) is 1.51. The van der Waals surface area contributed by atoms with Gasteiger partial charge < -0.3 is 18.6 Å². The molecule has 1 aromatic heterocycles. The largest absolute Gasteiger partial charge is 0.496 e. The van der Waals surface area contributed by atoms with Crippen LogP contribution < -0.4 is 10.4 Å². The molecule has 0 N–H and O–H groups in total. The number of carbonyl (C=O) groups is 1. The first-order valence-electron chi connectivity index (χ1n) is 7.94. The molecule has 1 aromatic carbocycles. The molecule has 2 unspecified atom stereocenters. The van der Waals surface area contributed by atoms with Crippen LogP contribution in [0.2, 0.25) is 0 Å². The molecule has 2 rings (SSSR count). The van der Waals surface area contributed by atoms with Crippen LogP contribution in [0.15, 0.2) is 45.6 Å². The molecule has 0 spiro atoms. The van der Waals surface area contributed by atoms with Crippen LogP contribution in [-0.4, -0.2) is 25.8 Å². The van der Waals surface area contributed by atoms with Gasteiger partial charge in [-0.2, -0.15) is 0 Å². The predicted octanol–water partition coefficient (Wildman–Crippen LogP) is 3.39. The lowest BCUT2D eigenvalue weighted by atomic mass is 9.96. The zero-order valence-corrected chi connectivity index (χ0v) is 14.8. The number of fused-ring (bicyclic) bond motifs is 1. The summed E-state index contributed by atoms with van der Waals surface area (Å²) in [4.78, 5) is 23.3. The Bertz CT molecular complexity index is 835. The van der Waals surface area contributed by atoms with Gasteiger partial charge in [0.05, 0.1) is 12.7 Å². The molecule has 0 aliphatic carbocycles. The van der Waals surface area contributed by atoms with E-state index < -0.39 is 23.8 Å². The first-order valence-corrected chi connectivity index (χ1v) is 7.94. The van der Waals surface area contributed by atoms with E-state index in [1.54, 1.807) is 25.1 Å². The van der Waals surface area contributed by atoms with Crippen molar-refractivity contribution in [1.82, 2.24) is 0 Å². The summed E-state index contributed by atoms with van der Waals surface area (Å²) >= 11 is 0. The number of ether oxygens (including phenoxy) is 3. The number of benzene rings is 1. The molecule has 2 atom stereocenters. The Hall–Kier alpha value is -2.60. The maximum Gasteiger partial charge on any atom is 0.336 e. The molecule has 0 fully saturated rings. The minimum absolute atomic E-state index is 0.337. The zero-order chi connectivity index (χ0) is 18.6. The van der Waals surface area contributed by atoms with Gasteiger partial charge in [-0.25, -0.2) is 4.79 Å². The van der Waals surface area contributed by atoms with Gasteiger partial charge in [0, 0.05) is 25.0 Å². The van der Waals surface area contributed by atoms with Crippen molar-refractivity contribution in [3.05, 3.63) is 52.4 Å². The van der Waals surface area contributed by atoms with Gasteiger partial charge in [-0.05, 0) is 37.6 Å². The molecule has 0 aliphatic rings. The molecule has 0 bridgehead atoms. The highest BCUT2D eigenvalue weighted by atomic mass is 16.6. The molecule has 2 aromatic rings. The number of esters is 1. The molecule has 0 radical (unpaired) electrons. The van der Waals surface area contributed by atoms with E-state index in [-0.39, 0.29) is 0 Å². The Kier molecular flexibility index (Phi) is 5.98. The fourth-order valence-electron chi connectivity index (χ4n) is 2.68. The van der Waals surface area contributed by atoms with Crippen LogP contribution in [0.4, 0.5) is 0 Å². The molecule has 0 amide bonds. The van der Waals surface area contributed by atoms with Gasteiger partial charge in [-0.15, -0.1) is 0 Å². The molecule has 0 aliphatic heterocycles. The Morgan fingerprint density at radius 3 is 2.48 bits per heavy atom. The van der Waals surface area contributed by atoms with Crippen molar-refractivity contribution < 1.29 is 23.4 Å². The lowest BCUT2D eigenvalue weighted by molar-refractivity contribution is -0.152. The van der Waals surface area contributed by atoms with Crippen molar-refractivity contribution in [3.63, 3.8) is 0 Å². The zero-order valence-electron chi connectivity index (χ0n) is 14.8. The number of hydrogen-bond acceptors (Lipinski definition) is 6. The number of carbonyl (C=O) groups excluding carboxylic acids is 1. The fraction of sp³-hybridized carbons (Fsp3) is 0.368. The number of hydrogen-bond donors (Lipinski definition) is 0. The smallest absolute Gasteiger partial charge is 0.336 e. The molecule has 6 nitrogen and oxygen atoms in total. The second kappa shape index (κ2) is 7.98. The van der Waals surface area contributed by atoms with E-state index in [9.17, 15) is 9.59 Å². The summed E-state index contributed by atoms with van der Waals surface area (Å²) in [5.41, 5.74) is 0.958. The Labute approximate surface area is 146 Å². The molecular formula is C19H22O6. The third kappa shape index (κ3) is 4.09. The van der Waals surface area contributed by atoms with E-state index in [1.165, 1.54) is 20.1 Å². The Balaban J connectivity index is 2.75. The van der Waals surface area contributed by atoms with Crippen LogP contribution >= 0.6 is 0 Å². The SMILES string of the molecule is C=C(C)C(OC(C)=O)C(OCC)c1c(OC)ccc2ccc(=O)oc12. The Morgan fingerprint density at radius 2 is 1.92 bits per heavy atom. The van der Waals surface area contributed by atoms with Crippen molar-refractivity contribution in [2.24, 2.45) is 0 Å². The first kappa shape index (κ1) is 18.7. The lowest BCUT2D eigenvalue weighted by Gasteiger charge is -2.28. The summed E-state index contributed by atoms with van der Waals surface area (Å²) < 4.78 is 22.1. The van der Waals surface area contributed by atoms with Gasteiger partial charge in [0.1, 0.15) is 17.4 Å². The maximum absolute atomic E-state index is 11.7. The minimum atomic E-state index is -0.748. The molecule has 0 saturated heterocycles. The second-order valence-electron chi connectivity index (χ2n) is 5.61. The summed E-state index contributed by atoms with van der Waals surface area (Å²) in [5, 5.41) is 0.711. The summed E-state index contributed by atoms with van der Waals surface area (Å²) in [6, 6.07) is 6.55. The minimum Gasteiger partial charge on any atom is -0.496 e. The molecular weight excluding hydrogens is 324 g/mol. The number of methoxy groups -OCH3 is 1. The topological polar surface area (TPSA) is 75.0 Å². The van der Waals surface area contributed by atoms with E-state index in [1.807, 2.05) is 6.92 Å². The van der Waals surface area contributed by atoms with Crippen molar-refractivity contribution in [1.29, 1.82) is 0 Å². The quantitative estimate of drug-likeness (QED) is 0.435. The van der Waals surface area contributed by atoms with E-state index in [4.69, 9.17) is 18.6 Å². The summed E-state index contributed by atoms with van der Waals surface area (Å²) in [6.45, 7) is 9.14. The van der Waals surface area contributed by atoms with Crippen molar-refractivity contribution in [3.8, 4) is 5.75 Å². The third-order valence-electron chi connectivity index (χ3n) is 3.69. The van der Waals surface area contributed by atoms with Crippen LogP contribution in [-0.2, 0) is 14.3 Å². The molecule has 134 valence electrons. The second-order valence-corrected chi connectivity index (χ2v) is 5.61. The third-order valence-corrected chi connectivity index (χ3v) is 3.69. The van der Waals surface area contributed by atoms with Crippen molar-refractivity contribution >= 4 is 16.9 Å². The first-order chi connectivity index (χ1) is 11.9. The highest BCUT2D eigenvalue weighted by molar-refractivity contribution is 5.82. The molecule has 0 saturated carbocycles. The molecule has 6 heteroatoms. The van der Waals surface area contributed by atoms with Crippen molar-refractivity contribution in [2.45, 2.75) is 33.0 Å². The van der Waals surface area contributed by atoms with E-state index in [0.29, 0.717) is 34.5 Å². The van der Waals surface area contributed by atoms with Crippen LogP contribution in [0.25, 0.3) is 11.0 Å². The van der Waals surface area contributed by atoms with Gasteiger partial charge in [0.25, 0.3) is 0 Å². The highest BCUT2D eigenvalue weighted by Crippen LogP contribution is 2.38. The average Bonchev–Trinajstić information content (AvgIpc) is 2.56. The van der Waals surface area contributed by atoms with Crippen LogP contribution in [0.1, 0.15) is 32.4 Å². The summed E-state index contributed by atoms with van der Waals surface area (Å²) in [6.07, 6.45) is -1.47. The molecule has 1 heterocycles.